The Balaban J connectivity index is 1.68. The van der Waals surface area contributed by atoms with E-state index in [-0.39, 0.29) is 6.17 Å². The van der Waals surface area contributed by atoms with Crippen LogP contribution in [0.2, 0.25) is 0 Å². The highest BCUT2D eigenvalue weighted by molar-refractivity contribution is 5.25. The van der Waals surface area contributed by atoms with Crippen molar-refractivity contribution in [1.82, 2.24) is 9.88 Å². The Morgan fingerprint density at radius 3 is 2.62 bits per heavy atom. The second-order valence-electron chi connectivity index (χ2n) is 5.62. The lowest BCUT2D eigenvalue weighted by atomic mass is 9.88. The maximum absolute atomic E-state index is 4.36. The first-order valence-electron chi connectivity index (χ1n) is 7.50. The van der Waals surface area contributed by atoms with E-state index in [1.54, 1.807) is 0 Å². The fourth-order valence-electron chi connectivity index (χ4n) is 3.12. The number of nitrogens with zero attached hydrogens (tertiary/aromatic N) is 3. The molecule has 1 aliphatic heterocycles. The molecule has 3 rings (SSSR count). The van der Waals surface area contributed by atoms with Crippen molar-refractivity contribution in [2.75, 3.05) is 6.54 Å². The number of aromatic nitrogens is 1. The van der Waals surface area contributed by atoms with E-state index >= 15 is 0 Å². The summed E-state index contributed by atoms with van der Waals surface area (Å²) in [6.07, 6.45) is 6.17. The summed E-state index contributed by atoms with van der Waals surface area (Å²) in [6.45, 7) is 5.81. The van der Waals surface area contributed by atoms with Crippen molar-refractivity contribution in [3.8, 4) is 0 Å². The molecule has 1 aromatic carbocycles. The van der Waals surface area contributed by atoms with Gasteiger partial charge in [-0.2, -0.15) is 0 Å². The van der Waals surface area contributed by atoms with Crippen LogP contribution in [0.3, 0.4) is 0 Å². The second kappa shape index (κ2) is 6.64. The van der Waals surface area contributed by atoms with Crippen molar-refractivity contribution in [3.63, 3.8) is 0 Å². The molecule has 1 aromatic heterocycles. The van der Waals surface area contributed by atoms with Gasteiger partial charge in [0, 0.05) is 25.5 Å². The first-order chi connectivity index (χ1) is 10.4. The van der Waals surface area contributed by atoms with Crippen LogP contribution in [0.15, 0.2) is 59.9 Å². The lowest BCUT2D eigenvalue weighted by molar-refractivity contribution is 0.133. The van der Waals surface area contributed by atoms with Gasteiger partial charge in [-0.05, 0) is 48.7 Å². The summed E-state index contributed by atoms with van der Waals surface area (Å²) >= 11 is 0. The van der Waals surface area contributed by atoms with Gasteiger partial charge in [0.2, 0.25) is 0 Å². The van der Waals surface area contributed by atoms with Gasteiger partial charge < -0.3 is 0 Å². The van der Waals surface area contributed by atoms with Gasteiger partial charge in [-0.15, -0.1) is 0 Å². The van der Waals surface area contributed by atoms with Crippen LogP contribution < -0.4 is 0 Å². The van der Waals surface area contributed by atoms with E-state index in [9.17, 15) is 0 Å². The monoisotopic (exact) mass is 279 g/mol. The van der Waals surface area contributed by atoms with E-state index in [2.05, 4.69) is 64.1 Å². The maximum Gasteiger partial charge on any atom is 0.102 e. The topological polar surface area (TPSA) is 28.5 Å². The first-order valence-corrected chi connectivity index (χ1v) is 7.50. The van der Waals surface area contributed by atoms with Crippen LogP contribution in [0.5, 0.6) is 0 Å². The van der Waals surface area contributed by atoms with Crippen LogP contribution >= 0.6 is 0 Å². The van der Waals surface area contributed by atoms with E-state index in [0.717, 1.165) is 19.5 Å². The third-order valence-electron chi connectivity index (χ3n) is 4.30. The number of pyridine rings is 1. The van der Waals surface area contributed by atoms with Gasteiger partial charge in [0.15, 0.2) is 0 Å². The van der Waals surface area contributed by atoms with Crippen molar-refractivity contribution in [2.24, 2.45) is 4.99 Å². The highest BCUT2D eigenvalue weighted by Crippen LogP contribution is 2.32. The van der Waals surface area contributed by atoms with Crippen LogP contribution in [-0.2, 0) is 6.54 Å². The molecule has 2 unspecified atom stereocenters. The van der Waals surface area contributed by atoms with Gasteiger partial charge >= 0.3 is 0 Å². The molecular weight excluding hydrogens is 258 g/mol. The number of likely N-dealkylation sites (tertiary alicyclic amines) is 1. The zero-order chi connectivity index (χ0) is 14.5. The molecule has 0 aliphatic carbocycles. The normalized spacial score (nSPS) is 22.9. The van der Waals surface area contributed by atoms with Crippen molar-refractivity contribution in [2.45, 2.75) is 31.5 Å². The predicted octanol–water partition coefficient (Wildman–Crippen LogP) is 3.49. The summed E-state index contributed by atoms with van der Waals surface area (Å²) in [4.78, 5) is 10.9. The molecular formula is C18H21N3. The Kier molecular flexibility index (Phi) is 4.41. The maximum atomic E-state index is 4.36. The minimum atomic E-state index is 0.206. The van der Waals surface area contributed by atoms with Gasteiger partial charge in [-0.25, -0.2) is 0 Å². The van der Waals surface area contributed by atoms with E-state index in [1.165, 1.54) is 17.5 Å². The van der Waals surface area contributed by atoms with E-state index in [1.807, 2.05) is 12.4 Å². The molecule has 1 fully saturated rings. The van der Waals surface area contributed by atoms with Crippen LogP contribution in [0.25, 0.3) is 0 Å². The second-order valence-corrected chi connectivity index (χ2v) is 5.62. The van der Waals surface area contributed by atoms with Crippen LogP contribution in [0.1, 0.15) is 29.9 Å². The highest BCUT2D eigenvalue weighted by Gasteiger charge is 2.28. The molecule has 21 heavy (non-hydrogen) atoms. The van der Waals surface area contributed by atoms with Crippen molar-refractivity contribution in [3.05, 3.63) is 66.0 Å². The number of piperidine rings is 1. The third kappa shape index (κ3) is 3.37. The molecule has 3 heteroatoms. The molecule has 1 aliphatic rings. The minimum Gasteiger partial charge on any atom is -0.282 e. The molecule has 2 heterocycles. The average molecular weight is 279 g/mol. The molecule has 0 saturated carbocycles. The quantitative estimate of drug-likeness (QED) is 0.802. The zero-order valence-corrected chi connectivity index (χ0v) is 12.2. The molecule has 0 radical (unpaired) electrons. The SMILES string of the molecule is C=NC1CC(c2ccncc2)CCN1Cc1ccccc1. The molecule has 3 nitrogen and oxygen atoms in total. The lowest BCUT2D eigenvalue weighted by Gasteiger charge is -2.37. The molecule has 0 bridgehead atoms. The number of hydrogen-bond acceptors (Lipinski definition) is 3. The molecule has 0 N–H and O–H groups in total. The number of benzene rings is 1. The Bertz CT molecular complexity index is 568. The highest BCUT2D eigenvalue weighted by atomic mass is 15.2. The third-order valence-corrected chi connectivity index (χ3v) is 4.30. The van der Waals surface area contributed by atoms with Crippen LogP contribution in [0.4, 0.5) is 0 Å². The lowest BCUT2D eigenvalue weighted by Crippen LogP contribution is -2.40. The molecule has 2 aromatic rings. The summed E-state index contributed by atoms with van der Waals surface area (Å²) < 4.78 is 0. The molecule has 0 amide bonds. The molecule has 1 saturated heterocycles. The van der Waals surface area contributed by atoms with Gasteiger partial charge in [-0.1, -0.05) is 30.3 Å². The summed E-state index contributed by atoms with van der Waals surface area (Å²) in [5, 5.41) is 0. The van der Waals surface area contributed by atoms with Gasteiger partial charge in [-0.3, -0.25) is 14.9 Å². The molecule has 108 valence electrons. The van der Waals surface area contributed by atoms with Gasteiger partial charge in [0.1, 0.15) is 6.17 Å². The summed E-state index contributed by atoms with van der Waals surface area (Å²) in [6, 6.07) is 14.8. The fraction of sp³-hybridized carbons (Fsp3) is 0.333. The Morgan fingerprint density at radius 2 is 1.90 bits per heavy atom. The fourth-order valence-corrected chi connectivity index (χ4v) is 3.12. The summed E-state index contributed by atoms with van der Waals surface area (Å²) in [5.41, 5.74) is 2.71. The van der Waals surface area contributed by atoms with Crippen LogP contribution in [-0.4, -0.2) is 29.3 Å². The Hall–Kier alpha value is -2.00. The Morgan fingerprint density at radius 1 is 1.14 bits per heavy atom. The average Bonchev–Trinajstić information content (AvgIpc) is 2.57. The number of aliphatic imine (C=N–C) groups is 1. The van der Waals surface area contributed by atoms with E-state index < -0.39 is 0 Å². The van der Waals surface area contributed by atoms with Crippen LogP contribution in [0, 0.1) is 0 Å². The van der Waals surface area contributed by atoms with E-state index in [4.69, 9.17) is 0 Å². The standard InChI is InChI=1S/C18H21N3/c1-19-18-13-17(16-7-10-20-11-8-16)9-12-21(18)14-15-5-3-2-4-6-15/h2-8,10-11,17-18H,1,9,12-14H2. The van der Waals surface area contributed by atoms with Gasteiger partial charge in [0.05, 0.1) is 0 Å². The zero-order valence-electron chi connectivity index (χ0n) is 12.2. The Labute approximate surface area is 126 Å². The largest absolute Gasteiger partial charge is 0.282 e. The molecule has 2 atom stereocenters. The van der Waals surface area contributed by atoms with Crippen molar-refractivity contribution in [1.29, 1.82) is 0 Å². The molecule has 0 spiro atoms. The summed E-state index contributed by atoms with van der Waals surface area (Å²) in [5.74, 6) is 0.565. The smallest absolute Gasteiger partial charge is 0.102 e. The number of rotatable bonds is 4. The first kappa shape index (κ1) is 14.0. The van der Waals surface area contributed by atoms with Crippen molar-refractivity contribution >= 4 is 6.72 Å². The van der Waals surface area contributed by atoms with Gasteiger partial charge in [0.25, 0.3) is 0 Å². The van der Waals surface area contributed by atoms with E-state index in [0.29, 0.717) is 5.92 Å². The number of hydrogen-bond donors (Lipinski definition) is 0. The minimum absolute atomic E-state index is 0.206. The van der Waals surface area contributed by atoms with Crippen molar-refractivity contribution < 1.29 is 0 Å². The summed E-state index contributed by atoms with van der Waals surface area (Å²) in [7, 11) is 0. The predicted molar refractivity (Wildman–Crippen MR) is 86.4 cm³/mol.